The fourth-order valence-corrected chi connectivity index (χ4v) is 2.77. The van der Waals surface area contributed by atoms with E-state index in [1.807, 2.05) is 47.9 Å². The van der Waals surface area contributed by atoms with Crippen LogP contribution >= 0.6 is 11.6 Å². The Bertz CT molecular complexity index is 836. The van der Waals surface area contributed by atoms with Crippen molar-refractivity contribution in [3.8, 4) is 0 Å². The van der Waals surface area contributed by atoms with Crippen molar-refractivity contribution in [3.05, 3.63) is 70.4 Å². The Kier molecular flexibility index (Phi) is 3.43. The third-order valence-corrected chi connectivity index (χ3v) is 3.74. The highest BCUT2D eigenvalue weighted by molar-refractivity contribution is 6.30. The summed E-state index contributed by atoms with van der Waals surface area (Å²) in [5.74, 6) is -0.925. The molecule has 0 aliphatic carbocycles. The van der Waals surface area contributed by atoms with Crippen LogP contribution in [-0.4, -0.2) is 15.6 Å². The maximum absolute atomic E-state index is 11.5. The standard InChI is InChI=1S/C17H14ClNO2/c1-11-5-6-15-13(7-11)9-16(17(20)21)19(15)10-12-3-2-4-14(18)8-12/h2-9H,10H2,1H3,(H,20,21). The average molecular weight is 300 g/mol. The van der Waals surface area contributed by atoms with Crippen molar-refractivity contribution in [2.45, 2.75) is 13.5 Å². The Hall–Kier alpha value is -2.26. The van der Waals surface area contributed by atoms with Gasteiger partial charge in [0.2, 0.25) is 0 Å². The Morgan fingerprint density at radius 2 is 2.00 bits per heavy atom. The lowest BCUT2D eigenvalue weighted by molar-refractivity contribution is 0.0686. The molecule has 0 aliphatic rings. The molecular weight excluding hydrogens is 286 g/mol. The number of halogens is 1. The van der Waals surface area contributed by atoms with Crippen LogP contribution in [0.25, 0.3) is 10.9 Å². The number of carboxylic acids is 1. The lowest BCUT2D eigenvalue weighted by Crippen LogP contribution is -2.09. The van der Waals surface area contributed by atoms with Crippen LogP contribution in [0.3, 0.4) is 0 Å². The van der Waals surface area contributed by atoms with Gasteiger partial charge in [-0.1, -0.05) is 35.4 Å². The number of fused-ring (bicyclic) bond motifs is 1. The topological polar surface area (TPSA) is 42.2 Å². The molecule has 3 aromatic rings. The maximum Gasteiger partial charge on any atom is 0.352 e. The zero-order valence-electron chi connectivity index (χ0n) is 11.5. The fraction of sp³-hybridized carbons (Fsp3) is 0.118. The normalized spacial score (nSPS) is 11.0. The Balaban J connectivity index is 2.15. The molecule has 0 saturated carbocycles. The summed E-state index contributed by atoms with van der Waals surface area (Å²) >= 11 is 6.00. The van der Waals surface area contributed by atoms with E-state index in [0.717, 1.165) is 22.0 Å². The number of carboxylic acid groups (broad SMARTS) is 1. The summed E-state index contributed by atoms with van der Waals surface area (Å²) in [6.45, 7) is 2.48. The summed E-state index contributed by atoms with van der Waals surface area (Å²) in [6, 6.07) is 15.1. The molecule has 0 fully saturated rings. The smallest absolute Gasteiger partial charge is 0.352 e. The molecule has 1 heterocycles. The molecule has 0 atom stereocenters. The Morgan fingerprint density at radius 3 is 2.71 bits per heavy atom. The van der Waals surface area contributed by atoms with E-state index in [-0.39, 0.29) is 5.69 Å². The number of nitrogens with zero attached hydrogens (tertiary/aromatic N) is 1. The van der Waals surface area contributed by atoms with Crippen molar-refractivity contribution in [2.24, 2.45) is 0 Å². The first-order chi connectivity index (χ1) is 10.0. The molecule has 0 aliphatic heterocycles. The summed E-state index contributed by atoms with van der Waals surface area (Å²) in [5.41, 5.74) is 3.29. The molecule has 4 heteroatoms. The van der Waals surface area contributed by atoms with Gasteiger partial charge in [0.1, 0.15) is 5.69 Å². The second kappa shape index (κ2) is 5.26. The van der Waals surface area contributed by atoms with Gasteiger partial charge in [0.15, 0.2) is 0 Å². The minimum atomic E-state index is -0.925. The van der Waals surface area contributed by atoms with Crippen molar-refractivity contribution in [2.75, 3.05) is 0 Å². The maximum atomic E-state index is 11.5. The molecule has 0 saturated heterocycles. The third-order valence-electron chi connectivity index (χ3n) is 3.51. The molecule has 1 aromatic heterocycles. The minimum Gasteiger partial charge on any atom is -0.477 e. The highest BCUT2D eigenvalue weighted by atomic mass is 35.5. The molecule has 0 amide bonds. The number of rotatable bonds is 3. The van der Waals surface area contributed by atoms with E-state index in [1.165, 1.54) is 0 Å². The Labute approximate surface area is 127 Å². The van der Waals surface area contributed by atoms with Crippen molar-refractivity contribution < 1.29 is 9.90 Å². The molecule has 106 valence electrons. The molecule has 1 N–H and O–H groups in total. The van der Waals surface area contributed by atoms with E-state index < -0.39 is 5.97 Å². The highest BCUT2D eigenvalue weighted by Crippen LogP contribution is 2.23. The van der Waals surface area contributed by atoms with Gasteiger partial charge in [-0.2, -0.15) is 0 Å². The lowest BCUT2D eigenvalue weighted by atomic mass is 10.2. The number of hydrogen-bond donors (Lipinski definition) is 1. The van der Waals surface area contributed by atoms with Gasteiger partial charge in [-0.05, 0) is 42.8 Å². The first-order valence-corrected chi connectivity index (χ1v) is 7.00. The van der Waals surface area contributed by atoms with Gasteiger partial charge in [-0.15, -0.1) is 0 Å². The molecule has 0 unspecified atom stereocenters. The molecule has 21 heavy (non-hydrogen) atoms. The summed E-state index contributed by atoms with van der Waals surface area (Å²) < 4.78 is 1.81. The molecule has 0 spiro atoms. The van der Waals surface area contributed by atoms with E-state index in [2.05, 4.69) is 0 Å². The van der Waals surface area contributed by atoms with Gasteiger partial charge in [0, 0.05) is 22.5 Å². The van der Waals surface area contributed by atoms with Crippen LogP contribution in [0.1, 0.15) is 21.6 Å². The van der Waals surface area contributed by atoms with Gasteiger partial charge in [0.05, 0.1) is 0 Å². The monoisotopic (exact) mass is 299 g/mol. The predicted octanol–water partition coefficient (Wildman–Crippen LogP) is 4.35. The Morgan fingerprint density at radius 1 is 1.19 bits per heavy atom. The quantitative estimate of drug-likeness (QED) is 0.781. The van der Waals surface area contributed by atoms with Crippen molar-refractivity contribution in [3.63, 3.8) is 0 Å². The van der Waals surface area contributed by atoms with Gasteiger partial charge >= 0.3 is 5.97 Å². The van der Waals surface area contributed by atoms with Crippen LogP contribution in [0.4, 0.5) is 0 Å². The third kappa shape index (κ3) is 2.65. The molecule has 3 nitrogen and oxygen atoms in total. The van der Waals surface area contributed by atoms with Crippen LogP contribution in [0.2, 0.25) is 5.02 Å². The number of aromatic carboxylic acids is 1. The fourth-order valence-electron chi connectivity index (χ4n) is 2.56. The summed E-state index contributed by atoms with van der Waals surface area (Å²) in [4.78, 5) is 11.5. The van der Waals surface area contributed by atoms with Crippen LogP contribution in [0.5, 0.6) is 0 Å². The van der Waals surface area contributed by atoms with Crippen LogP contribution < -0.4 is 0 Å². The zero-order chi connectivity index (χ0) is 15.0. The lowest BCUT2D eigenvalue weighted by Gasteiger charge is -2.09. The first-order valence-electron chi connectivity index (χ1n) is 6.62. The van der Waals surface area contributed by atoms with E-state index in [9.17, 15) is 9.90 Å². The number of aryl methyl sites for hydroxylation is 1. The number of hydrogen-bond acceptors (Lipinski definition) is 1. The second-order valence-corrected chi connectivity index (χ2v) is 5.55. The van der Waals surface area contributed by atoms with E-state index in [4.69, 9.17) is 11.6 Å². The van der Waals surface area contributed by atoms with E-state index in [0.29, 0.717) is 11.6 Å². The van der Waals surface area contributed by atoms with Crippen LogP contribution in [0, 0.1) is 6.92 Å². The highest BCUT2D eigenvalue weighted by Gasteiger charge is 2.15. The number of benzene rings is 2. The predicted molar refractivity (Wildman–Crippen MR) is 84.2 cm³/mol. The summed E-state index contributed by atoms with van der Waals surface area (Å²) in [6.07, 6.45) is 0. The minimum absolute atomic E-state index is 0.288. The van der Waals surface area contributed by atoms with Crippen LogP contribution in [0.15, 0.2) is 48.5 Å². The zero-order valence-corrected chi connectivity index (χ0v) is 12.3. The summed E-state index contributed by atoms with van der Waals surface area (Å²) in [7, 11) is 0. The SMILES string of the molecule is Cc1ccc2c(c1)cc(C(=O)O)n2Cc1cccc(Cl)c1. The molecule has 3 rings (SSSR count). The van der Waals surface area contributed by atoms with Crippen molar-refractivity contribution in [1.29, 1.82) is 0 Å². The van der Waals surface area contributed by atoms with E-state index in [1.54, 1.807) is 12.1 Å². The van der Waals surface area contributed by atoms with Gasteiger partial charge in [0.25, 0.3) is 0 Å². The van der Waals surface area contributed by atoms with Gasteiger partial charge < -0.3 is 9.67 Å². The average Bonchev–Trinajstić information content (AvgIpc) is 2.77. The molecule has 0 bridgehead atoms. The first kappa shape index (κ1) is 13.7. The molecule has 0 radical (unpaired) electrons. The molecule has 2 aromatic carbocycles. The number of carbonyl (C=O) groups is 1. The van der Waals surface area contributed by atoms with Crippen molar-refractivity contribution in [1.82, 2.24) is 4.57 Å². The van der Waals surface area contributed by atoms with Gasteiger partial charge in [-0.25, -0.2) is 4.79 Å². The summed E-state index contributed by atoms with van der Waals surface area (Å²) in [5, 5.41) is 11.0. The van der Waals surface area contributed by atoms with Crippen molar-refractivity contribution >= 4 is 28.5 Å². The van der Waals surface area contributed by atoms with Gasteiger partial charge in [-0.3, -0.25) is 0 Å². The van der Waals surface area contributed by atoms with Crippen LogP contribution in [-0.2, 0) is 6.54 Å². The van der Waals surface area contributed by atoms with E-state index >= 15 is 0 Å². The largest absolute Gasteiger partial charge is 0.477 e. The molecular formula is C17H14ClNO2. The number of aromatic nitrogens is 1. The second-order valence-electron chi connectivity index (χ2n) is 5.11.